The van der Waals surface area contributed by atoms with Crippen LogP contribution in [-0.4, -0.2) is 67.6 Å². The van der Waals surface area contributed by atoms with E-state index < -0.39 is 18.1 Å². The molecule has 1 aromatic heterocycles. The number of aromatic nitrogens is 1. The third-order valence-corrected chi connectivity index (χ3v) is 7.62. The van der Waals surface area contributed by atoms with Crippen LogP contribution in [-0.2, 0) is 20.7 Å². The molecule has 7 nitrogen and oxygen atoms in total. The van der Waals surface area contributed by atoms with E-state index in [1.165, 1.54) is 23.8 Å². The van der Waals surface area contributed by atoms with E-state index in [1.807, 2.05) is 6.07 Å². The smallest absolute Gasteiger partial charge is 0.311 e. The van der Waals surface area contributed by atoms with Crippen molar-refractivity contribution in [1.82, 2.24) is 9.88 Å². The Morgan fingerprint density at radius 1 is 1.23 bits per heavy atom. The summed E-state index contributed by atoms with van der Waals surface area (Å²) in [5, 5.41) is 11.9. The van der Waals surface area contributed by atoms with E-state index in [0.29, 0.717) is 6.42 Å². The molecule has 1 aromatic carbocycles. The standard InChI is InChI=1S/C23H30N2O5/c1-28-13-4-5-14-15-6-7-25-11-12-8-19(26)22(29-2)20(23(27)30-3)16(12)10-18(25)21(15)24-17(14)9-13/h4-5,9,12,16,18-20,22,24,26H,6-8,10-11H2,1-3H3/t12-,16-,18+,19+,20-,22+/m1/s1. The lowest BCUT2D eigenvalue weighted by atomic mass is 9.64. The number of nitrogens with one attached hydrogen (secondary N) is 1. The average molecular weight is 415 g/mol. The van der Waals surface area contributed by atoms with Crippen LogP contribution in [0, 0.1) is 17.8 Å². The summed E-state index contributed by atoms with van der Waals surface area (Å²) in [6, 6.07) is 6.44. The van der Waals surface area contributed by atoms with Gasteiger partial charge in [-0.25, -0.2) is 0 Å². The molecule has 0 amide bonds. The van der Waals surface area contributed by atoms with E-state index in [1.54, 1.807) is 14.2 Å². The van der Waals surface area contributed by atoms with Gasteiger partial charge in [-0.1, -0.05) is 0 Å². The van der Waals surface area contributed by atoms with Gasteiger partial charge in [0.25, 0.3) is 0 Å². The fourth-order valence-electron chi connectivity index (χ4n) is 6.27. The first kappa shape index (κ1) is 19.8. The largest absolute Gasteiger partial charge is 0.497 e. The fourth-order valence-corrected chi connectivity index (χ4v) is 6.27. The van der Waals surface area contributed by atoms with Crippen molar-refractivity contribution in [2.24, 2.45) is 17.8 Å². The van der Waals surface area contributed by atoms with E-state index in [9.17, 15) is 9.90 Å². The molecule has 162 valence electrons. The van der Waals surface area contributed by atoms with Crippen LogP contribution in [0.2, 0.25) is 0 Å². The number of benzene rings is 1. The van der Waals surface area contributed by atoms with Crippen LogP contribution in [0.25, 0.3) is 10.9 Å². The van der Waals surface area contributed by atoms with Crippen molar-refractivity contribution >= 4 is 16.9 Å². The summed E-state index contributed by atoms with van der Waals surface area (Å²) in [5.74, 6) is 0.514. The Labute approximate surface area is 176 Å². The maximum absolute atomic E-state index is 12.7. The number of aromatic amines is 1. The maximum atomic E-state index is 12.7. The quantitative estimate of drug-likeness (QED) is 0.750. The second kappa shape index (κ2) is 7.55. The minimum absolute atomic E-state index is 0.124. The SMILES string of the molecule is COC(=O)[C@@H]1[C@@H]2C[C@H]3c4[nH]c5cc(OC)ccc5c4CCN3C[C@H]2C[C@H](O)[C@@H]1OC. The van der Waals surface area contributed by atoms with Crippen LogP contribution in [0.4, 0.5) is 0 Å². The van der Waals surface area contributed by atoms with E-state index in [2.05, 4.69) is 22.0 Å². The summed E-state index contributed by atoms with van der Waals surface area (Å²) >= 11 is 0. The van der Waals surface area contributed by atoms with Crippen molar-refractivity contribution in [1.29, 1.82) is 0 Å². The average Bonchev–Trinajstić information content (AvgIpc) is 3.14. The third kappa shape index (κ3) is 2.94. The molecule has 6 atom stereocenters. The monoisotopic (exact) mass is 414 g/mol. The van der Waals surface area contributed by atoms with Crippen molar-refractivity contribution in [2.45, 2.75) is 37.5 Å². The van der Waals surface area contributed by atoms with Crippen molar-refractivity contribution in [2.75, 3.05) is 34.4 Å². The number of carbonyl (C=O) groups is 1. The zero-order chi connectivity index (χ0) is 21.0. The van der Waals surface area contributed by atoms with Gasteiger partial charge in [0, 0.05) is 42.9 Å². The Hall–Kier alpha value is -2.09. The van der Waals surface area contributed by atoms with E-state index >= 15 is 0 Å². The highest BCUT2D eigenvalue weighted by Gasteiger charge is 2.53. The molecular formula is C23H30N2O5. The van der Waals surface area contributed by atoms with Crippen LogP contribution in [0.15, 0.2) is 18.2 Å². The molecular weight excluding hydrogens is 384 g/mol. The Morgan fingerprint density at radius 3 is 2.80 bits per heavy atom. The number of H-pyrrole nitrogens is 1. The molecule has 30 heavy (non-hydrogen) atoms. The Kier molecular flexibility index (Phi) is 5.00. The summed E-state index contributed by atoms with van der Waals surface area (Å²) in [7, 11) is 4.68. The number of fused-ring (bicyclic) bond motifs is 6. The predicted octanol–water partition coefficient (Wildman–Crippen LogP) is 2.28. The van der Waals surface area contributed by atoms with E-state index in [4.69, 9.17) is 14.2 Å². The van der Waals surface area contributed by atoms with Crippen LogP contribution >= 0.6 is 0 Å². The summed E-state index contributed by atoms with van der Waals surface area (Å²) < 4.78 is 16.1. The molecule has 0 bridgehead atoms. The molecule has 1 saturated heterocycles. The van der Waals surface area contributed by atoms with Gasteiger partial charge in [0.05, 0.1) is 38.4 Å². The zero-order valence-electron chi connectivity index (χ0n) is 17.8. The maximum Gasteiger partial charge on any atom is 0.311 e. The number of hydrogen-bond donors (Lipinski definition) is 2. The molecule has 0 spiro atoms. The molecule has 2 fully saturated rings. The lowest BCUT2D eigenvalue weighted by Crippen LogP contribution is -2.57. The molecule has 1 aliphatic carbocycles. The highest BCUT2D eigenvalue weighted by Crippen LogP contribution is 2.50. The minimum atomic E-state index is -0.641. The Morgan fingerprint density at radius 2 is 2.07 bits per heavy atom. The number of rotatable bonds is 3. The number of aliphatic hydroxyl groups excluding tert-OH is 1. The van der Waals surface area contributed by atoms with Gasteiger partial charge in [-0.15, -0.1) is 0 Å². The van der Waals surface area contributed by atoms with Gasteiger partial charge in [0.15, 0.2) is 0 Å². The second-order valence-electron chi connectivity index (χ2n) is 8.90. The number of aliphatic hydroxyl groups is 1. The summed E-state index contributed by atoms with van der Waals surface area (Å²) in [5.41, 5.74) is 3.73. The van der Waals surface area contributed by atoms with Gasteiger partial charge in [0.1, 0.15) is 5.75 Å². The number of esters is 1. The summed E-state index contributed by atoms with van der Waals surface area (Å²) in [6.07, 6.45) is 1.36. The number of carbonyl (C=O) groups excluding carboxylic acids is 1. The lowest BCUT2D eigenvalue weighted by Gasteiger charge is -2.52. The first-order valence-corrected chi connectivity index (χ1v) is 10.8. The third-order valence-electron chi connectivity index (χ3n) is 7.62. The molecule has 2 aliphatic heterocycles. The van der Waals surface area contributed by atoms with Crippen LogP contribution in [0.1, 0.15) is 30.1 Å². The number of methoxy groups -OCH3 is 3. The predicted molar refractivity (Wildman–Crippen MR) is 111 cm³/mol. The van der Waals surface area contributed by atoms with Gasteiger partial charge in [-0.2, -0.15) is 0 Å². The Bertz CT molecular complexity index is 956. The molecule has 1 saturated carbocycles. The number of ether oxygens (including phenoxy) is 3. The van der Waals surface area contributed by atoms with Crippen LogP contribution < -0.4 is 4.74 Å². The second-order valence-corrected chi connectivity index (χ2v) is 8.90. The molecule has 7 heteroatoms. The van der Waals surface area contributed by atoms with Gasteiger partial charge in [0.2, 0.25) is 0 Å². The van der Waals surface area contributed by atoms with Gasteiger partial charge in [-0.3, -0.25) is 9.69 Å². The van der Waals surface area contributed by atoms with E-state index in [0.717, 1.165) is 37.2 Å². The Balaban J connectivity index is 1.52. The number of nitrogens with zero attached hydrogens (tertiary/aromatic N) is 1. The molecule has 0 unspecified atom stereocenters. The first-order valence-electron chi connectivity index (χ1n) is 10.8. The molecule has 0 radical (unpaired) electrons. The summed E-state index contributed by atoms with van der Waals surface area (Å²) in [6.45, 7) is 1.88. The minimum Gasteiger partial charge on any atom is -0.497 e. The van der Waals surface area contributed by atoms with Crippen LogP contribution in [0.3, 0.4) is 0 Å². The molecule has 3 heterocycles. The number of piperidine rings is 1. The van der Waals surface area contributed by atoms with Gasteiger partial charge < -0.3 is 24.3 Å². The van der Waals surface area contributed by atoms with Crippen molar-refractivity contribution < 1.29 is 24.1 Å². The highest BCUT2D eigenvalue weighted by molar-refractivity contribution is 5.86. The lowest BCUT2D eigenvalue weighted by molar-refractivity contribution is -0.175. The zero-order valence-corrected chi connectivity index (χ0v) is 17.8. The van der Waals surface area contributed by atoms with Crippen LogP contribution in [0.5, 0.6) is 5.75 Å². The number of hydrogen-bond acceptors (Lipinski definition) is 6. The molecule has 2 aromatic rings. The van der Waals surface area contributed by atoms with Crippen molar-refractivity contribution in [3.05, 3.63) is 29.5 Å². The molecule has 2 N–H and O–H groups in total. The first-order chi connectivity index (χ1) is 14.5. The topological polar surface area (TPSA) is 84.0 Å². The molecule has 5 rings (SSSR count). The normalized spacial score (nSPS) is 33.5. The molecule has 3 aliphatic rings. The van der Waals surface area contributed by atoms with Crippen molar-refractivity contribution in [3.63, 3.8) is 0 Å². The van der Waals surface area contributed by atoms with E-state index in [-0.39, 0.29) is 23.8 Å². The highest BCUT2D eigenvalue weighted by atomic mass is 16.5. The van der Waals surface area contributed by atoms with Crippen molar-refractivity contribution in [3.8, 4) is 5.75 Å². The fraction of sp³-hybridized carbons (Fsp3) is 0.609. The summed E-state index contributed by atoms with van der Waals surface area (Å²) in [4.78, 5) is 18.9. The van der Waals surface area contributed by atoms with Gasteiger partial charge >= 0.3 is 5.97 Å². The van der Waals surface area contributed by atoms with Gasteiger partial charge in [-0.05, 0) is 48.8 Å².